The SMILES string of the molecule is N=C(C1CCCCC1)N1CCCC(CO)C1. The van der Waals surface area contributed by atoms with Gasteiger partial charge in [0.25, 0.3) is 0 Å². The van der Waals surface area contributed by atoms with Crippen molar-refractivity contribution in [1.82, 2.24) is 4.90 Å². The average molecular weight is 224 g/mol. The molecule has 1 aliphatic carbocycles. The molecule has 2 fully saturated rings. The molecule has 1 heterocycles. The summed E-state index contributed by atoms with van der Waals surface area (Å²) in [4.78, 5) is 2.22. The first-order chi connectivity index (χ1) is 7.81. The van der Waals surface area contributed by atoms with E-state index in [0.717, 1.165) is 31.8 Å². The van der Waals surface area contributed by atoms with Gasteiger partial charge in [0.1, 0.15) is 0 Å². The number of piperidine rings is 1. The van der Waals surface area contributed by atoms with Gasteiger partial charge in [0.2, 0.25) is 0 Å². The zero-order chi connectivity index (χ0) is 11.4. The van der Waals surface area contributed by atoms with Gasteiger partial charge in [-0.05, 0) is 31.6 Å². The molecule has 0 bridgehead atoms. The van der Waals surface area contributed by atoms with Crippen molar-refractivity contribution >= 4 is 5.84 Å². The van der Waals surface area contributed by atoms with Crippen LogP contribution in [0.3, 0.4) is 0 Å². The standard InChI is InChI=1S/C13H24N2O/c14-13(12-6-2-1-3-7-12)15-8-4-5-11(9-15)10-16/h11-12,14,16H,1-10H2. The Morgan fingerprint density at radius 3 is 2.56 bits per heavy atom. The third-order valence-corrected chi connectivity index (χ3v) is 4.11. The first-order valence-electron chi connectivity index (χ1n) is 6.75. The van der Waals surface area contributed by atoms with Crippen LogP contribution >= 0.6 is 0 Å². The minimum Gasteiger partial charge on any atom is -0.396 e. The van der Waals surface area contributed by atoms with E-state index >= 15 is 0 Å². The smallest absolute Gasteiger partial charge is 0.0989 e. The van der Waals surface area contributed by atoms with Crippen molar-refractivity contribution in [2.45, 2.75) is 44.9 Å². The number of likely N-dealkylation sites (tertiary alicyclic amines) is 1. The predicted molar refractivity (Wildman–Crippen MR) is 65.7 cm³/mol. The van der Waals surface area contributed by atoms with E-state index in [9.17, 15) is 5.11 Å². The number of aliphatic hydroxyl groups excluding tert-OH is 1. The zero-order valence-corrected chi connectivity index (χ0v) is 10.1. The Kier molecular flexibility index (Phi) is 4.22. The lowest BCUT2D eigenvalue weighted by atomic mass is 9.87. The van der Waals surface area contributed by atoms with Crippen molar-refractivity contribution in [2.75, 3.05) is 19.7 Å². The molecule has 1 saturated heterocycles. The Balaban J connectivity index is 1.87. The van der Waals surface area contributed by atoms with Crippen LogP contribution in [0.2, 0.25) is 0 Å². The second-order valence-corrected chi connectivity index (χ2v) is 5.36. The molecule has 1 unspecified atom stereocenters. The van der Waals surface area contributed by atoms with Crippen LogP contribution in [-0.4, -0.2) is 35.5 Å². The van der Waals surface area contributed by atoms with Crippen molar-refractivity contribution in [3.8, 4) is 0 Å². The van der Waals surface area contributed by atoms with Gasteiger partial charge in [0, 0.05) is 25.6 Å². The Hall–Kier alpha value is -0.570. The second kappa shape index (κ2) is 5.67. The molecule has 3 nitrogen and oxygen atoms in total. The highest BCUT2D eigenvalue weighted by molar-refractivity contribution is 5.81. The third-order valence-electron chi connectivity index (χ3n) is 4.11. The summed E-state index contributed by atoms with van der Waals surface area (Å²) in [6, 6.07) is 0. The highest BCUT2D eigenvalue weighted by Gasteiger charge is 2.26. The molecule has 0 radical (unpaired) electrons. The van der Waals surface area contributed by atoms with Crippen LogP contribution in [-0.2, 0) is 0 Å². The monoisotopic (exact) mass is 224 g/mol. The fourth-order valence-electron chi connectivity index (χ4n) is 3.07. The molecule has 0 spiro atoms. The highest BCUT2D eigenvalue weighted by Crippen LogP contribution is 2.27. The lowest BCUT2D eigenvalue weighted by Crippen LogP contribution is -2.43. The summed E-state index contributed by atoms with van der Waals surface area (Å²) >= 11 is 0. The Morgan fingerprint density at radius 1 is 1.12 bits per heavy atom. The summed E-state index contributed by atoms with van der Waals surface area (Å²) in [6.45, 7) is 2.23. The molecular formula is C13H24N2O. The Morgan fingerprint density at radius 2 is 1.88 bits per heavy atom. The van der Waals surface area contributed by atoms with Crippen LogP contribution < -0.4 is 0 Å². The van der Waals surface area contributed by atoms with Crippen molar-refractivity contribution in [1.29, 1.82) is 5.41 Å². The molecule has 2 aliphatic rings. The molecule has 0 aromatic carbocycles. The number of aliphatic hydroxyl groups is 1. The molecule has 92 valence electrons. The van der Waals surface area contributed by atoms with E-state index in [0.29, 0.717) is 11.8 Å². The molecule has 16 heavy (non-hydrogen) atoms. The van der Waals surface area contributed by atoms with Gasteiger partial charge in [0.05, 0.1) is 5.84 Å². The number of rotatable bonds is 2. The van der Waals surface area contributed by atoms with Crippen LogP contribution in [0, 0.1) is 17.2 Å². The fourth-order valence-corrected chi connectivity index (χ4v) is 3.07. The maximum absolute atomic E-state index is 9.20. The van der Waals surface area contributed by atoms with Gasteiger partial charge >= 0.3 is 0 Å². The predicted octanol–water partition coefficient (Wildman–Crippen LogP) is 2.25. The summed E-state index contributed by atoms with van der Waals surface area (Å²) in [5.74, 6) is 1.77. The number of amidine groups is 1. The van der Waals surface area contributed by atoms with Gasteiger partial charge in [-0.2, -0.15) is 0 Å². The Labute approximate surface area is 98.3 Å². The topological polar surface area (TPSA) is 47.3 Å². The molecular weight excluding hydrogens is 200 g/mol. The van der Waals surface area contributed by atoms with Crippen molar-refractivity contribution in [3.63, 3.8) is 0 Å². The van der Waals surface area contributed by atoms with Crippen molar-refractivity contribution in [2.24, 2.45) is 11.8 Å². The summed E-state index contributed by atoms with van der Waals surface area (Å²) in [6.07, 6.45) is 8.63. The van der Waals surface area contributed by atoms with E-state index in [4.69, 9.17) is 5.41 Å². The number of nitrogens with zero attached hydrogens (tertiary/aromatic N) is 1. The summed E-state index contributed by atoms with van der Waals surface area (Å²) in [5.41, 5.74) is 0. The van der Waals surface area contributed by atoms with Gasteiger partial charge in [0.15, 0.2) is 0 Å². The first kappa shape index (κ1) is 11.9. The lowest BCUT2D eigenvalue weighted by Gasteiger charge is -2.37. The van der Waals surface area contributed by atoms with Gasteiger partial charge in [-0.15, -0.1) is 0 Å². The minimum absolute atomic E-state index is 0.286. The van der Waals surface area contributed by atoms with Gasteiger partial charge in [-0.1, -0.05) is 19.3 Å². The first-order valence-corrected chi connectivity index (χ1v) is 6.75. The van der Waals surface area contributed by atoms with Gasteiger partial charge in [-0.25, -0.2) is 0 Å². The van der Waals surface area contributed by atoms with Crippen LogP contribution in [0.25, 0.3) is 0 Å². The average Bonchev–Trinajstić information content (AvgIpc) is 2.39. The van der Waals surface area contributed by atoms with Crippen LogP contribution in [0.5, 0.6) is 0 Å². The second-order valence-electron chi connectivity index (χ2n) is 5.36. The molecule has 0 aromatic rings. The van der Waals surface area contributed by atoms with E-state index < -0.39 is 0 Å². The van der Waals surface area contributed by atoms with Crippen molar-refractivity contribution < 1.29 is 5.11 Å². The molecule has 0 aromatic heterocycles. The van der Waals surface area contributed by atoms with Crippen LogP contribution in [0.1, 0.15) is 44.9 Å². The summed E-state index contributed by atoms with van der Waals surface area (Å²) in [7, 11) is 0. The van der Waals surface area contributed by atoms with Gasteiger partial charge < -0.3 is 10.0 Å². The quantitative estimate of drug-likeness (QED) is 0.558. The lowest BCUT2D eigenvalue weighted by molar-refractivity contribution is 0.155. The van der Waals surface area contributed by atoms with E-state index in [1.54, 1.807) is 0 Å². The largest absolute Gasteiger partial charge is 0.396 e. The van der Waals surface area contributed by atoms with E-state index in [-0.39, 0.29) is 6.61 Å². The number of hydrogen-bond acceptors (Lipinski definition) is 2. The van der Waals surface area contributed by atoms with E-state index in [2.05, 4.69) is 4.90 Å². The summed E-state index contributed by atoms with van der Waals surface area (Å²) in [5, 5.41) is 17.5. The minimum atomic E-state index is 0.286. The summed E-state index contributed by atoms with van der Waals surface area (Å²) < 4.78 is 0. The highest BCUT2D eigenvalue weighted by atomic mass is 16.3. The van der Waals surface area contributed by atoms with Crippen molar-refractivity contribution in [3.05, 3.63) is 0 Å². The normalized spacial score (nSPS) is 28.1. The maximum Gasteiger partial charge on any atom is 0.0989 e. The molecule has 1 aliphatic heterocycles. The van der Waals surface area contributed by atoms with Crippen LogP contribution in [0.15, 0.2) is 0 Å². The molecule has 0 amide bonds. The molecule has 3 heteroatoms. The molecule has 2 rings (SSSR count). The fraction of sp³-hybridized carbons (Fsp3) is 0.923. The molecule has 1 saturated carbocycles. The van der Waals surface area contributed by atoms with E-state index in [1.807, 2.05) is 0 Å². The molecule has 2 N–H and O–H groups in total. The zero-order valence-electron chi connectivity index (χ0n) is 10.1. The van der Waals surface area contributed by atoms with Crippen LogP contribution in [0.4, 0.5) is 0 Å². The maximum atomic E-state index is 9.20. The third kappa shape index (κ3) is 2.76. The Bertz CT molecular complexity index is 236. The van der Waals surface area contributed by atoms with Gasteiger partial charge in [-0.3, -0.25) is 5.41 Å². The number of nitrogens with one attached hydrogen (secondary N) is 1. The molecule has 1 atom stereocenters. The number of hydrogen-bond donors (Lipinski definition) is 2. The van der Waals surface area contributed by atoms with E-state index in [1.165, 1.54) is 32.1 Å².